The highest BCUT2D eigenvalue weighted by Gasteiger charge is 2.13. The van der Waals surface area contributed by atoms with Gasteiger partial charge >= 0.3 is 5.97 Å². The number of alkyl halides is 2. The maximum absolute atomic E-state index is 10.9. The number of Topliss-reactive ketones (excluding diaryl/α,β-unsaturated/α-hetero) is 1. The van der Waals surface area contributed by atoms with Gasteiger partial charge in [0.15, 0.2) is 12.4 Å². The van der Waals surface area contributed by atoms with Gasteiger partial charge in [-0.3, -0.25) is 9.59 Å². The first-order valence-corrected chi connectivity index (χ1v) is 4.97. The zero-order valence-electron chi connectivity index (χ0n) is 5.97. The lowest BCUT2D eigenvalue weighted by Crippen LogP contribution is -2.22. The van der Waals surface area contributed by atoms with Crippen molar-refractivity contribution in [1.29, 1.82) is 0 Å². The van der Waals surface area contributed by atoms with Crippen LogP contribution in [0, 0.1) is 0 Å². The second kappa shape index (κ2) is 5.71. The Labute approximate surface area is 81.7 Å². The second-order valence-corrected chi connectivity index (χ2v) is 3.62. The Hall–Kier alpha value is 0.1000. The molecular formula is C6H8Br2O3. The molecule has 0 amide bonds. The van der Waals surface area contributed by atoms with Crippen LogP contribution in [0.3, 0.4) is 0 Å². The Morgan fingerprint density at radius 3 is 2.45 bits per heavy atom. The Kier molecular flexibility index (Phi) is 5.76. The second-order valence-electron chi connectivity index (χ2n) is 1.87. The molecule has 0 bridgehead atoms. The predicted octanol–water partition coefficient (Wildman–Crippen LogP) is 1.28. The van der Waals surface area contributed by atoms with Crippen LogP contribution in [0.1, 0.15) is 6.92 Å². The third-order valence-corrected chi connectivity index (χ3v) is 3.25. The van der Waals surface area contributed by atoms with E-state index in [1.165, 1.54) is 6.92 Å². The summed E-state index contributed by atoms with van der Waals surface area (Å²) in [7, 11) is 0. The summed E-state index contributed by atoms with van der Waals surface area (Å²) in [6.07, 6.45) is 0. The number of carbonyl (C=O) groups excluding carboxylic acids is 2. The molecule has 0 aliphatic rings. The van der Waals surface area contributed by atoms with E-state index in [9.17, 15) is 9.59 Å². The van der Waals surface area contributed by atoms with Gasteiger partial charge in [0.1, 0.15) is 0 Å². The van der Waals surface area contributed by atoms with Crippen molar-refractivity contribution in [2.75, 3.05) is 11.9 Å². The van der Waals surface area contributed by atoms with E-state index in [0.717, 1.165) is 0 Å². The molecule has 0 N–H and O–H groups in total. The molecule has 0 heterocycles. The normalized spacial score (nSPS) is 12.3. The van der Waals surface area contributed by atoms with Gasteiger partial charge in [-0.25, -0.2) is 0 Å². The van der Waals surface area contributed by atoms with Gasteiger partial charge in [-0.05, 0) is 0 Å². The van der Waals surface area contributed by atoms with E-state index in [1.807, 2.05) is 0 Å². The summed E-state index contributed by atoms with van der Waals surface area (Å²) in [4.78, 5) is 20.9. The monoisotopic (exact) mass is 286 g/mol. The summed E-state index contributed by atoms with van der Waals surface area (Å²) in [5.74, 6) is -0.579. The first-order valence-electron chi connectivity index (χ1n) is 2.94. The molecule has 0 rings (SSSR count). The van der Waals surface area contributed by atoms with Crippen molar-refractivity contribution in [2.24, 2.45) is 0 Å². The van der Waals surface area contributed by atoms with Crippen LogP contribution < -0.4 is 0 Å². The highest BCUT2D eigenvalue weighted by Crippen LogP contribution is 2.04. The third kappa shape index (κ3) is 5.38. The summed E-state index contributed by atoms with van der Waals surface area (Å²) in [6.45, 7) is 1.11. The molecule has 0 aromatic rings. The number of carbonyl (C=O) groups is 2. The maximum atomic E-state index is 10.9. The van der Waals surface area contributed by atoms with E-state index >= 15 is 0 Å². The van der Waals surface area contributed by atoms with Gasteiger partial charge in [0.2, 0.25) is 0 Å². The van der Waals surface area contributed by atoms with Gasteiger partial charge in [-0.2, -0.15) is 0 Å². The predicted molar refractivity (Wildman–Crippen MR) is 48.1 cm³/mol. The molecule has 0 spiro atoms. The zero-order chi connectivity index (χ0) is 8.85. The number of halogens is 2. The number of ether oxygens (including phenoxy) is 1. The number of ketones is 1. The minimum Gasteiger partial charge on any atom is -0.458 e. The fourth-order valence-electron chi connectivity index (χ4n) is 0.349. The Morgan fingerprint density at radius 2 is 2.09 bits per heavy atom. The van der Waals surface area contributed by atoms with Crippen molar-refractivity contribution in [3.05, 3.63) is 0 Å². The molecule has 0 fully saturated rings. The fraction of sp³-hybridized carbons (Fsp3) is 0.667. The molecule has 64 valence electrons. The maximum Gasteiger partial charge on any atom is 0.303 e. The van der Waals surface area contributed by atoms with Crippen molar-refractivity contribution < 1.29 is 14.3 Å². The van der Waals surface area contributed by atoms with Crippen molar-refractivity contribution >= 4 is 43.6 Å². The first-order chi connectivity index (χ1) is 5.07. The highest BCUT2D eigenvalue weighted by molar-refractivity contribution is 9.12. The molecule has 0 saturated heterocycles. The zero-order valence-corrected chi connectivity index (χ0v) is 9.14. The van der Waals surface area contributed by atoms with E-state index < -0.39 is 5.97 Å². The topological polar surface area (TPSA) is 43.4 Å². The molecule has 3 nitrogen and oxygen atoms in total. The van der Waals surface area contributed by atoms with Crippen LogP contribution >= 0.6 is 31.9 Å². The van der Waals surface area contributed by atoms with Gasteiger partial charge < -0.3 is 4.74 Å². The largest absolute Gasteiger partial charge is 0.458 e. The van der Waals surface area contributed by atoms with Crippen LogP contribution in [0.15, 0.2) is 0 Å². The lowest BCUT2D eigenvalue weighted by molar-refractivity contribution is -0.145. The number of rotatable bonds is 4. The van der Waals surface area contributed by atoms with Crippen LogP contribution in [-0.4, -0.2) is 28.5 Å². The van der Waals surface area contributed by atoms with Crippen LogP contribution in [0.25, 0.3) is 0 Å². The van der Waals surface area contributed by atoms with Crippen LogP contribution in [-0.2, 0) is 14.3 Å². The first kappa shape index (κ1) is 11.1. The summed E-state index contributed by atoms with van der Waals surface area (Å²) in [6, 6.07) is 0. The average Bonchev–Trinajstić information content (AvgIpc) is 1.98. The molecule has 0 aromatic heterocycles. The lowest BCUT2D eigenvalue weighted by atomic mass is 10.3. The smallest absolute Gasteiger partial charge is 0.303 e. The van der Waals surface area contributed by atoms with Crippen LogP contribution in [0.4, 0.5) is 0 Å². The summed E-state index contributed by atoms with van der Waals surface area (Å²) >= 11 is 6.22. The SMILES string of the molecule is CC(=O)OCC(=O)C(Br)CBr. The highest BCUT2D eigenvalue weighted by atomic mass is 79.9. The molecular weight excluding hydrogens is 280 g/mol. The van der Waals surface area contributed by atoms with E-state index in [-0.39, 0.29) is 17.2 Å². The number of esters is 1. The van der Waals surface area contributed by atoms with Crippen molar-refractivity contribution in [1.82, 2.24) is 0 Å². The van der Waals surface area contributed by atoms with E-state index in [1.54, 1.807) is 0 Å². The Balaban J connectivity index is 3.60. The van der Waals surface area contributed by atoms with Gasteiger partial charge in [-0.15, -0.1) is 0 Å². The molecule has 1 atom stereocenters. The molecule has 0 aliphatic carbocycles. The lowest BCUT2D eigenvalue weighted by Gasteiger charge is -2.03. The van der Waals surface area contributed by atoms with E-state index in [2.05, 4.69) is 36.6 Å². The van der Waals surface area contributed by atoms with E-state index in [0.29, 0.717) is 5.33 Å². The van der Waals surface area contributed by atoms with Crippen molar-refractivity contribution in [2.45, 2.75) is 11.8 Å². The standard InChI is InChI=1S/C6H8Br2O3/c1-4(9)11-3-6(10)5(8)2-7/h5H,2-3H2,1H3. The van der Waals surface area contributed by atoms with Crippen LogP contribution in [0.5, 0.6) is 0 Å². The Morgan fingerprint density at radius 1 is 1.55 bits per heavy atom. The molecule has 5 heteroatoms. The van der Waals surface area contributed by atoms with Crippen molar-refractivity contribution in [3.63, 3.8) is 0 Å². The summed E-state index contributed by atoms with van der Waals surface area (Å²) < 4.78 is 4.49. The van der Waals surface area contributed by atoms with E-state index in [4.69, 9.17) is 0 Å². The minimum atomic E-state index is -0.437. The number of hydrogen-bond acceptors (Lipinski definition) is 3. The van der Waals surface area contributed by atoms with Gasteiger partial charge in [0.05, 0.1) is 4.83 Å². The molecule has 1 unspecified atom stereocenters. The quantitative estimate of drug-likeness (QED) is 0.578. The summed E-state index contributed by atoms with van der Waals surface area (Å²) in [5.41, 5.74) is 0. The molecule has 0 saturated carbocycles. The van der Waals surface area contributed by atoms with Crippen molar-refractivity contribution in [3.8, 4) is 0 Å². The van der Waals surface area contributed by atoms with Gasteiger partial charge in [0.25, 0.3) is 0 Å². The van der Waals surface area contributed by atoms with Crippen LogP contribution in [0.2, 0.25) is 0 Å². The number of hydrogen-bond donors (Lipinski definition) is 0. The molecule has 0 radical (unpaired) electrons. The molecule has 0 aliphatic heterocycles. The molecule has 0 aromatic carbocycles. The minimum absolute atomic E-state index is 0.142. The van der Waals surface area contributed by atoms with Gasteiger partial charge in [-0.1, -0.05) is 31.9 Å². The third-order valence-electron chi connectivity index (χ3n) is 0.903. The fourth-order valence-corrected chi connectivity index (χ4v) is 0.842. The summed E-state index contributed by atoms with van der Waals surface area (Å²) in [5, 5.41) is 0.521. The Bertz CT molecular complexity index is 158. The molecule has 11 heavy (non-hydrogen) atoms. The van der Waals surface area contributed by atoms with Gasteiger partial charge in [0, 0.05) is 12.3 Å². The average molecular weight is 288 g/mol.